The van der Waals surface area contributed by atoms with Crippen LogP contribution in [0.15, 0.2) is 73.3 Å². The normalized spacial score (nSPS) is 11.6. The van der Waals surface area contributed by atoms with E-state index in [1.807, 2.05) is 48.5 Å². The fraction of sp³-hybridized carbons (Fsp3) is 0.190. The second kappa shape index (κ2) is 9.45. The van der Waals surface area contributed by atoms with Crippen molar-refractivity contribution in [3.8, 4) is 5.75 Å². The maximum atomic E-state index is 12.9. The van der Waals surface area contributed by atoms with E-state index in [1.165, 1.54) is 0 Å². The Balaban J connectivity index is 1.74. The highest BCUT2D eigenvalue weighted by Gasteiger charge is 2.20. The van der Waals surface area contributed by atoms with Crippen LogP contribution in [0.25, 0.3) is 0 Å². The first-order valence-electron chi connectivity index (χ1n) is 8.69. The Hall–Kier alpha value is -3.25. The van der Waals surface area contributed by atoms with Gasteiger partial charge in [0.05, 0.1) is 7.11 Å². The first-order valence-corrected chi connectivity index (χ1v) is 8.69. The average Bonchev–Trinajstić information content (AvgIpc) is 2.74. The second-order valence-electron chi connectivity index (χ2n) is 6.02. The summed E-state index contributed by atoms with van der Waals surface area (Å²) in [4.78, 5) is 20.9. The van der Waals surface area contributed by atoms with Gasteiger partial charge in [0.1, 0.15) is 11.8 Å². The van der Waals surface area contributed by atoms with Gasteiger partial charge >= 0.3 is 0 Å². The molecule has 2 N–H and O–H groups in total. The Bertz CT molecular complexity index is 856. The zero-order valence-corrected chi connectivity index (χ0v) is 15.1. The van der Waals surface area contributed by atoms with Crippen LogP contribution < -0.4 is 15.4 Å². The molecule has 3 rings (SSSR count). The van der Waals surface area contributed by atoms with Gasteiger partial charge in [-0.2, -0.15) is 0 Å². The zero-order valence-electron chi connectivity index (χ0n) is 15.1. The van der Waals surface area contributed by atoms with Crippen LogP contribution in [0.2, 0.25) is 0 Å². The first kappa shape index (κ1) is 18.5. The molecule has 0 saturated carbocycles. The summed E-state index contributed by atoms with van der Waals surface area (Å²) in [6.45, 7) is 0.992. The molecule has 2 aromatic heterocycles. The van der Waals surface area contributed by atoms with Crippen LogP contribution in [0, 0.1) is 0 Å². The fourth-order valence-electron chi connectivity index (χ4n) is 2.70. The van der Waals surface area contributed by atoms with E-state index in [-0.39, 0.29) is 5.91 Å². The molecule has 0 spiro atoms. The predicted octanol–water partition coefficient (Wildman–Crippen LogP) is 2.63. The number of benzene rings is 1. The lowest BCUT2D eigenvalue weighted by Crippen LogP contribution is -2.37. The lowest BCUT2D eigenvalue weighted by molar-refractivity contribution is -0.123. The third kappa shape index (κ3) is 5.36. The lowest BCUT2D eigenvalue weighted by atomic mass is 10.0. The van der Waals surface area contributed by atoms with E-state index in [1.54, 1.807) is 31.9 Å². The van der Waals surface area contributed by atoms with E-state index >= 15 is 0 Å². The summed E-state index contributed by atoms with van der Waals surface area (Å²) in [5.41, 5.74) is 2.90. The highest BCUT2D eigenvalue weighted by Crippen LogP contribution is 2.20. The molecule has 1 atom stereocenters. The molecule has 0 bridgehead atoms. The first-order chi connectivity index (χ1) is 13.3. The molecule has 6 nitrogen and oxygen atoms in total. The maximum absolute atomic E-state index is 12.9. The number of nitrogens with zero attached hydrogens (tertiary/aromatic N) is 2. The van der Waals surface area contributed by atoms with E-state index in [9.17, 15) is 4.79 Å². The van der Waals surface area contributed by atoms with Gasteiger partial charge in [0.15, 0.2) is 0 Å². The number of pyridine rings is 2. The van der Waals surface area contributed by atoms with Gasteiger partial charge < -0.3 is 10.1 Å². The minimum atomic E-state index is -0.505. The number of rotatable bonds is 8. The molecule has 1 unspecified atom stereocenters. The average molecular weight is 362 g/mol. The molecule has 27 heavy (non-hydrogen) atoms. The number of carbonyl (C=O) groups excluding carboxylic acids is 1. The van der Waals surface area contributed by atoms with Gasteiger partial charge in [0.25, 0.3) is 0 Å². The summed E-state index contributed by atoms with van der Waals surface area (Å²) in [7, 11) is 1.61. The summed E-state index contributed by atoms with van der Waals surface area (Å²) < 4.78 is 5.30. The molecule has 1 aromatic carbocycles. The topological polar surface area (TPSA) is 76.1 Å². The van der Waals surface area contributed by atoms with Crippen LogP contribution in [-0.2, 0) is 17.9 Å². The molecule has 2 heterocycles. The monoisotopic (exact) mass is 362 g/mol. The standard InChI is InChI=1S/C21H22N4O2/c1-27-19-4-2-3-18(13-19)20(24-14-16-5-9-22-10-6-16)21(26)25-15-17-7-11-23-12-8-17/h2-13,20,24H,14-15H2,1H3,(H,25,26). The zero-order chi connectivity index (χ0) is 18.9. The van der Waals surface area contributed by atoms with E-state index in [0.717, 1.165) is 16.7 Å². The third-order valence-corrected chi connectivity index (χ3v) is 4.17. The summed E-state index contributed by atoms with van der Waals surface area (Å²) in [5.74, 6) is 0.610. The van der Waals surface area contributed by atoms with Gasteiger partial charge in [-0.3, -0.25) is 20.1 Å². The summed E-state index contributed by atoms with van der Waals surface area (Å²) in [5, 5.41) is 6.32. The molecule has 0 fully saturated rings. The van der Waals surface area contributed by atoms with Crippen molar-refractivity contribution in [3.05, 3.63) is 90.0 Å². The van der Waals surface area contributed by atoms with Crippen molar-refractivity contribution < 1.29 is 9.53 Å². The summed E-state index contributed by atoms with van der Waals surface area (Å²) in [6.07, 6.45) is 6.90. The SMILES string of the molecule is COc1cccc(C(NCc2ccncc2)C(=O)NCc2ccncc2)c1. The molecule has 0 radical (unpaired) electrons. The quantitative estimate of drug-likeness (QED) is 0.644. The van der Waals surface area contributed by atoms with Gasteiger partial charge in [-0.05, 0) is 53.1 Å². The van der Waals surface area contributed by atoms with Crippen molar-refractivity contribution in [2.75, 3.05) is 7.11 Å². The largest absolute Gasteiger partial charge is 0.497 e. The Kier molecular flexibility index (Phi) is 6.49. The molecule has 0 saturated heterocycles. The Morgan fingerprint density at radius 1 is 0.963 bits per heavy atom. The van der Waals surface area contributed by atoms with Crippen molar-refractivity contribution in [2.24, 2.45) is 0 Å². The molecular weight excluding hydrogens is 340 g/mol. The van der Waals surface area contributed by atoms with Crippen molar-refractivity contribution in [1.82, 2.24) is 20.6 Å². The molecule has 0 aliphatic rings. The van der Waals surface area contributed by atoms with Crippen LogP contribution in [0.4, 0.5) is 0 Å². The van der Waals surface area contributed by atoms with Gasteiger partial charge in [-0.1, -0.05) is 12.1 Å². The highest BCUT2D eigenvalue weighted by atomic mass is 16.5. The number of aromatic nitrogens is 2. The van der Waals surface area contributed by atoms with Gasteiger partial charge in [0, 0.05) is 37.9 Å². The van der Waals surface area contributed by atoms with E-state index in [0.29, 0.717) is 18.8 Å². The van der Waals surface area contributed by atoms with E-state index < -0.39 is 6.04 Å². The number of ether oxygens (including phenoxy) is 1. The molecular formula is C21H22N4O2. The molecule has 3 aromatic rings. The predicted molar refractivity (Wildman–Crippen MR) is 103 cm³/mol. The number of nitrogens with one attached hydrogen (secondary N) is 2. The van der Waals surface area contributed by atoms with E-state index in [4.69, 9.17) is 4.74 Å². The number of methoxy groups -OCH3 is 1. The minimum Gasteiger partial charge on any atom is -0.497 e. The van der Waals surface area contributed by atoms with Crippen LogP contribution in [0.5, 0.6) is 5.75 Å². The Morgan fingerprint density at radius 3 is 2.22 bits per heavy atom. The van der Waals surface area contributed by atoms with Gasteiger partial charge in [0.2, 0.25) is 5.91 Å². The van der Waals surface area contributed by atoms with Crippen molar-refractivity contribution >= 4 is 5.91 Å². The van der Waals surface area contributed by atoms with Gasteiger partial charge in [-0.15, -0.1) is 0 Å². The molecule has 6 heteroatoms. The minimum absolute atomic E-state index is 0.103. The summed E-state index contributed by atoms with van der Waals surface area (Å²) in [6, 6.07) is 14.6. The van der Waals surface area contributed by atoms with Crippen LogP contribution in [-0.4, -0.2) is 23.0 Å². The Morgan fingerprint density at radius 2 is 1.59 bits per heavy atom. The van der Waals surface area contributed by atoms with Crippen LogP contribution in [0.3, 0.4) is 0 Å². The highest BCUT2D eigenvalue weighted by molar-refractivity contribution is 5.83. The maximum Gasteiger partial charge on any atom is 0.242 e. The second-order valence-corrected chi connectivity index (χ2v) is 6.02. The van der Waals surface area contributed by atoms with E-state index in [2.05, 4.69) is 20.6 Å². The number of hydrogen-bond acceptors (Lipinski definition) is 5. The fourth-order valence-corrected chi connectivity index (χ4v) is 2.70. The van der Waals surface area contributed by atoms with Crippen molar-refractivity contribution in [1.29, 1.82) is 0 Å². The number of hydrogen-bond donors (Lipinski definition) is 2. The van der Waals surface area contributed by atoms with Crippen molar-refractivity contribution in [2.45, 2.75) is 19.1 Å². The molecule has 1 amide bonds. The molecule has 0 aliphatic carbocycles. The number of carbonyl (C=O) groups is 1. The molecule has 138 valence electrons. The summed E-state index contributed by atoms with van der Waals surface area (Å²) >= 11 is 0. The lowest BCUT2D eigenvalue weighted by Gasteiger charge is -2.19. The van der Waals surface area contributed by atoms with Crippen LogP contribution in [0.1, 0.15) is 22.7 Å². The Labute approximate surface area is 158 Å². The van der Waals surface area contributed by atoms with Crippen LogP contribution >= 0.6 is 0 Å². The number of amides is 1. The third-order valence-electron chi connectivity index (χ3n) is 4.17. The van der Waals surface area contributed by atoms with Crippen molar-refractivity contribution in [3.63, 3.8) is 0 Å². The molecule has 0 aliphatic heterocycles. The smallest absolute Gasteiger partial charge is 0.242 e. The van der Waals surface area contributed by atoms with Gasteiger partial charge in [-0.25, -0.2) is 0 Å².